The van der Waals surface area contributed by atoms with Crippen molar-refractivity contribution in [1.29, 1.82) is 0 Å². The molecule has 1 unspecified atom stereocenters. The van der Waals surface area contributed by atoms with E-state index in [1.807, 2.05) is 23.9 Å². The van der Waals surface area contributed by atoms with E-state index in [2.05, 4.69) is 47.4 Å². The number of hydrogen-bond donors (Lipinski definition) is 3. The van der Waals surface area contributed by atoms with E-state index in [9.17, 15) is 19.2 Å². The van der Waals surface area contributed by atoms with Crippen LogP contribution < -0.4 is 36.5 Å². The number of carbonyl (C=O) groups is 3. The molecule has 1 spiro atoms. The number of benzene rings is 1. The van der Waals surface area contributed by atoms with Crippen LogP contribution in [0.2, 0.25) is 5.02 Å². The van der Waals surface area contributed by atoms with Crippen LogP contribution in [0.3, 0.4) is 0 Å². The van der Waals surface area contributed by atoms with Gasteiger partial charge in [0.05, 0.1) is 53.9 Å². The van der Waals surface area contributed by atoms with Crippen LogP contribution in [0.15, 0.2) is 47.5 Å². The Bertz CT molecular complexity index is 2550. The molecular weight excluding hydrogens is 788 g/mol. The van der Waals surface area contributed by atoms with Gasteiger partial charge < -0.3 is 25.6 Å². The van der Waals surface area contributed by atoms with E-state index in [1.54, 1.807) is 25.5 Å². The second kappa shape index (κ2) is 16.0. The molecule has 4 aromatic heterocycles. The third kappa shape index (κ3) is 7.71. The quantitative estimate of drug-likeness (QED) is 0.163. The van der Waals surface area contributed by atoms with Crippen molar-refractivity contribution in [3.05, 3.63) is 63.8 Å². The summed E-state index contributed by atoms with van der Waals surface area (Å²) in [7, 11) is 3.56. The normalized spacial score (nSPS) is 19.8. The van der Waals surface area contributed by atoms with E-state index in [0.29, 0.717) is 57.7 Å². The van der Waals surface area contributed by atoms with Gasteiger partial charge in [0.15, 0.2) is 11.6 Å². The standard InChI is InChI=1S/C42H49ClN12O5/c1-51-38-26(19-32(40(51)59)60-17-10-33(44)56)18-27(20-45-38)47-37-30(43)21-46-41(49-37)54-15-13-53(14-16-54)22-25-8-11-42(12-9-25)23-55(24-42)31-5-3-4-28-35(50-52(2)36(28)31)29-6-7-34(57)48-39(29)58/h3-5,18-21,25,29H,6-17,22-24H2,1-2H3,(H2,44,56)(H,46,47,49)(H,48,57,58). The van der Waals surface area contributed by atoms with Gasteiger partial charge in [0.25, 0.3) is 5.56 Å². The lowest BCUT2D eigenvalue weighted by Gasteiger charge is -2.55. The second-order valence-electron chi connectivity index (χ2n) is 16.8. The Morgan fingerprint density at radius 1 is 1.02 bits per heavy atom. The van der Waals surface area contributed by atoms with Crippen molar-refractivity contribution in [3.63, 3.8) is 0 Å². The molecule has 314 valence electrons. The zero-order valence-electron chi connectivity index (χ0n) is 33.8. The predicted molar refractivity (Wildman–Crippen MR) is 228 cm³/mol. The minimum atomic E-state index is -0.511. The molecule has 5 aromatic rings. The predicted octanol–water partition coefficient (Wildman–Crippen LogP) is 3.60. The topological polar surface area (TPSA) is 199 Å². The number of para-hydroxylation sites is 1. The molecule has 4 fully saturated rings. The summed E-state index contributed by atoms with van der Waals surface area (Å²) in [5.41, 5.74) is 9.27. The van der Waals surface area contributed by atoms with Gasteiger partial charge in [-0.2, -0.15) is 10.1 Å². The molecule has 4 N–H and O–H groups in total. The maximum atomic E-state index is 12.8. The van der Waals surface area contributed by atoms with Gasteiger partial charge in [0.1, 0.15) is 10.7 Å². The van der Waals surface area contributed by atoms with Gasteiger partial charge in [-0.05, 0) is 56.2 Å². The van der Waals surface area contributed by atoms with Gasteiger partial charge >= 0.3 is 0 Å². The Kier molecular flexibility index (Phi) is 10.6. The average molecular weight is 837 g/mol. The lowest BCUT2D eigenvalue weighted by molar-refractivity contribution is -0.134. The third-order valence-corrected chi connectivity index (χ3v) is 13.1. The number of imide groups is 1. The van der Waals surface area contributed by atoms with E-state index >= 15 is 0 Å². The minimum absolute atomic E-state index is 0.000874. The van der Waals surface area contributed by atoms with Crippen molar-refractivity contribution in [2.45, 2.75) is 50.9 Å². The van der Waals surface area contributed by atoms with Crippen molar-refractivity contribution >= 4 is 74.4 Å². The maximum absolute atomic E-state index is 12.8. The highest BCUT2D eigenvalue weighted by Gasteiger charge is 2.46. The average Bonchev–Trinajstić information content (AvgIpc) is 3.56. The fourth-order valence-electron chi connectivity index (χ4n) is 9.52. The van der Waals surface area contributed by atoms with E-state index < -0.39 is 11.8 Å². The lowest BCUT2D eigenvalue weighted by Crippen LogP contribution is -2.58. The first-order chi connectivity index (χ1) is 28.9. The Hall–Kier alpha value is -5.81. The van der Waals surface area contributed by atoms with Crippen LogP contribution in [-0.4, -0.2) is 104 Å². The molecule has 1 aromatic carbocycles. The number of piperidine rings is 1. The molecule has 1 saturated carbocycles. The molecule has 9 rings (SSSR count). The lowest BCUT2D eigenvalue weighted by atomic mass is 9.65. The summed E-state index contributed by atoms with van der Waals surface area (Å²) in [5, 5.41) is 12.6. The molecule has 1 aliphatic carbocycles. The Balaban J connectivity index is 0.773. The number of aryl methyl sites for hydroxylation is 2. The van der Waals surface area contributed by atoms with Gasteiger partial charge in [0.2, 0.25) is 23.7 Å². The molecule has 3 amide bonds. The number of rotatable bonds is 11. The number of piperazine rings is 1. The summed E-state index contributed by atoms with van der Waals surface area (Å²) in [5.74, 6) is 0.436. The smallest absolute Gasteiger partial charge is 0.294 e. The Labute approximate surface area is 351 Å². The second-order valence-corrected chi connectivity index (χ2v) is 17.2. The molecule has 1 atom stereocenters. The number of primary amides is 1. The fraction of sp³-hybridized carbons (Fsp3) is 0.476. The van der Waals surface area contributed by atoms with Crippen molar-refractivity contribution < 1.29 is 19.1 Å². The van der Waals surface area contributed by atoms with Gasteiger partial charge in [0, 0.05) is 82.5 Å². The Morgan fingerprint density at radius 2 is 1.80 bits per heavy atom. The van der Waals surface area contributed by atoms with Crippen LogP contribution in [0.4, 0.5) is 23.1 Å². The number of aromatic nitrogens is 6. The van der Waals surface area contributed by atoms with Gasteiger partial charge in [-0.1, -0.05) is 23.7 Å². The van der Waals surface area contributed by atoms with E-state index in [0.717, 1.165) is 62.4 Å². The first-order valence-electron chi connectivity index (χ1n) is 20.7. The SMILES string of the molecule is Cn1nc(C2CCC(=O)NC2=O)c2cccc(N3CC4(CCC(CN5CCN(c6ncc(Cl)c(Nc7cnc8c(c7)cc(OCCC(N)=O)c(=O)n8C)n6)CC5)CC4)C3)c21. The molecule has 17 nitrogen and oxygen atoms in total. The summed E-state index contributed by atoms with van der Waals surface area (Å²) in [6.07, 6.45) is 8.94. The molecule has 3 saturated heterocycles. The highest BCUT2D eigenvalue weighted by Crippen LogP contribution is 2.48. The number of fused-ring (bicyclic) bond motifs is 2. The minimum Gasteiger partial charge on any atom is -0.487 e. The number of anilines is 4. The van der Waals surface area contributed by atoms with Crippen LogP contribution in [0, 0.1) is 11.3 Å². The fourth-order valence-corrected chi connectivity index (χ4v) is 9.66. The summed E-state index contributed by atoms with van der Waals surface area (Å²) in [4.78, 5) is 69.5. The number of hydrogen-bond acceptors (Lipinski definition) is 13. The van der Waals surface area contributed by atoms with E-state index in [4.69, 9.17) is 32.2 Å². The molecule has 0 radical (unpaired) electrons. The number of pyridine rings is 2. The highest BCUT2D eigenvalue weighted by atomic mass is 35.5. The number of halogens is 1. The largest absolute Gasteiger partial charge is 0.487 e. The van der Waals surface area contributed by atoms with Crippen LogP contribution in [-0.2, 0) is 28.5 Å². The Morgan fingerprint density at radius 3 is 2.55 bits per heavy atom. The van der Waals surface area contributed by atoms with Crippen molar-refractivity contribution in [2.75, 3.05) is 67.5 Å². The molecule has 7 heterocycles. The summed E-state index contributed by atoms with van der Waals surface area (Å²) < 4.78 is 8.86. The number of nitrogens with zero attached hydrogens (tertiary/aromatic N) is 9. The zero-order chi connectivity index (χ0) is 41.7. The molecule has 0 bridgehead atoms. The zero-order valence-corrected chi connectivity index (χ0v) is 34.6. The number of nitrogens with two attached hydrogens (primary N) is 1. The van der Waals surface area contributed by atoms with Crippen molar-refractivity contribution in [1.82, 2.24) is 39.5 Å². The molecule has 3 aliphatic heterocycles. The van der Waals surface area contributed by atoms with Gasteiger partial charge in [-0.25, -0.2) is 9.97 Å². The van der Waals surface area contributed by atoms with Gasteiger partial charge in [-0.3, -0.25) is 38.6 Å². The summed E-state index contributed by atoms with van der Waals surface area (Å²) >= 11 is 6.56. The molecule has 4 aliphatic rings. The van der Waals surface area contributed by atoms with Crippen LogP contribution >= 0.6 is 11.6 Å². The van der Waals surface area contributed by atoms with Crippen molar-refractivity contribution in [2.24, 2.45) is 31.2 Å². The van der Waals surface area contributed by atoms with Crippen LogP contribution in [0.5, 0.6) is 5.75 Å². The number of ether oxygens (including phenoxy) is 1. The summed E-state index contributed by atoms with van der Waals surface area (Å²) in [6, 6.07) is 9.71. The number of carbonyl (C=O) groups excluding carboxylic acids is 3. The van der Waals surface area contributed by atoms with Crippen LogP contribution in [0.1, 0.15) is 56.6 Å². The van der Waals surface area contributed by atoms with E-state index in [1.165, 1.54) is 35.9 Å². The third-order valence-electron chi connectivity index (χ3n) is 12.8. The first-order valence-corrected chi connectivity index (χ1v) is 21.0. The first kappa shape index (κ1) is 39.6. The number of amides is 3. The highest BCUT2D eigenvalue weighted by molar-refractivity contribution is 6.33. The molecular formula is C42H49ClN12O5. The van der Waals surface area contributed by atoms with Gasteiger partial charge in [-0.15, -0.1) is 0 Å². The monoisotopic (exact) mass is 836 g/mol. The van der Waals surface area contributed by atoms with E-state index in [-0.39, 0.29) is 36.2 Å². The number of nitrogens with one attached hydrogen (secondary N) is 2. The molecule has 18 heteroatoms. The maximum Gasteiger partial charge on any atom is 0.294 e. The van der Waals surface area contributed by atoms with Crippen molar-refractivity contribution in [3.8, 4) is 5.75 Å². The summed E-state index contributed by atoms with van der Waals surface area (Å²) in [6.45, 7) is 6.63. The van der Waals surface area contributed by atoms with Crippen LogP contribution in [0.25, 0.3) is 21.9 Å². The molecule has 60 heavy (non-hydrogen) atoms.